The average molecular weight is 1040 g/mol. The van der Waals surface area contributed by atoms with Gasteiger partial charge < -0.3 is 42.2 Å². The number of rotatable bonds is 10. The molecule has 5 aliphatic rings. The van der Waals surface area contributed by atoms with E-state index < -0.39 is 35.1 Å². The van der Waals surface area contributed by atoms with Crippen LogP contribution in [0.1, 0.15) is 170 Å². The highest BCUT2D eigenvalue weighted by molar-refractivity contribution is 5.85. The van der Waals surface area contributed by atoms with Crippen LogP contribution in [0.15, 0.2) is 24.8 Å². The van der Waals surface area contributed by atoms with Gasteiger partial charge in [-0.3, -0.25) is 0 Å². The van der Waals surface area contributed by atoms with E-state index in [1.54, 1.807) is 0 Å². The topological polar surface area (TPSA) is 204 Å². The van der Waals surface area contributed by atoms with Gasteiger partial charge in [0.2, 0.25) is 11.9 Å². The minimum absolute atomic E-state index is 0. The van der Waals surface area contributed by atoms with Gasteiger partial charge >= 0.3 is 24.5 Å². The normalized spacial score (nSPS) is 32.9. The van der Waals surface area contributed by atoms with E-state index in [1.807, 2.05) is 20.8 Å². The summed E-state index contributed by atoms with van der Waals surface area (Å²) < 4.78 is 86.9. The molecule has 6 unspecified atom stereocenters. The quantitative estimate of drug-likeness (QED) is 0.123. The lowest BCUT2D eigenvalue weighted by Crippen LogP contribution is -2.53. The number of alkyl carbamates (subject to hydrolysis) is 2. The lowest BCUT2D eigenvalue weighted by Gasteiger charge is -2.38. The maximum atomic E-state index is 12.7. The Labute approximate surface area is 422 Å². The predicted molar refractivity (Wildman–Crippen MR) is 265 cm³/mol. The van der Waals surface area contributed by atoms with Crippen molar-refractivity contribution < 1.29 is 45.4 Å². The van der Waals surface area contributed by atoms with Gasteiger partial charge in [0.25, 0.3) is 0 Å². The van der Waals surface area contributed by atoms with Crippen molar-refractivity contribution >= 4 is 36.5 Å². The Hall–Kier alpha value is -3.91. The second-order valence-corrected chi connectivity index (χ2v) is 22.4. The molecule has 0 saturated heterocycles. The summed E-state index contributed by atoms with van der Waals surface area (Å²) in [6.45, 7) is 19.1. The van der Waals surface area contributed by atoms with Crippen LogP contribution < -0.4 is 32.7 Å². The third kappa shape index (κ3) is 16.8. The van der Waals surface area contributed by atoms with Crippen molar-refractivity contribution in [2.45, 2.75) is 218 Å². The molecular weight excluding hydrogens is 954 g/mol. The summed E-state index contributed by atoms with van der Waals surface area (Å²) in [7, 11) is 0. The first kappa shape index (κ1) is 59.7. The number of halogens is 7. The molecule has 2 amide bonds. The number of aromatic nitrogens is 4. The molecule has 5 aliphatic carbocycles. The van der Waals surface area contributed by atoms with Crippen LogP contribution in [0.2, 0.25) is 0 Å². The SMILES string of the molecule is CC(C)[C@@H]1CC[C@@H](C)C[C@H]1OC(=O)NC1CCCC1(C)N.CC(C)[C@@H]1CC[C@@H](C)C[C@H]1OC(=O)NC1CCCC1(C)Nc1ncc(C(F)(F)F)cn1.CC1(Nc2ncc(C(F)(F)F)cn2)CCCC1N.Cl. The molecule has 21 heteroatoms. The molecule has 0 spiro atoms. The number of nitrogens with one attached hydrogen (secondary N) is 4. The number of anilines is 2. The molecule has 2 heterocycles. The highest BCUT2D eigenvalue weighted by atomic mass is 35.5. The standard InChI is InChI=1S/C22H33F3N4O2.C17H32N2O2.C11H15F3N4.ClH/c1-13(2)16-8-7-14(3)10-17(16)31-20(30)28-18-6-5-9-21(18,4)29-19-26-11-15(12-27-19)22(23,24)25;1-11(2)13-8-7-12(3)10-14(13)21-16(20)19-15-6-5-9-17(15,4)18;1-10(4-2-3-8(10)15)18-9-16-5-7(6-17-9)11(12,13)14;/h11-14,16-18H,5-10H2,1-4H3,(H,28,30)(H,26,27,29);11-15H,5-10,18H2,1-4H3,(H,19,20);5-6,8H,2-4,15H2,1H3,(H,16,17,18);1H/t14-,16+,17-,18?,21?;12-,13+,14-,15?,17?;;/m11../s1. The number of hydrogen-bond donors (Lipinski definition) is 6. The lowest BCUT2D eigenvalue weighted by molar-refractivity contribution is -0.138. The van der Waals surface area contributed by atoms with E-state index in [0.29, 0.717) is 35.5 Å². The molecule has 0 bridgehead atoms. The first-order chi connectivity index (χ1) is 32.6. The van der Waals surface area contributed by atoms with Crippen molar-refractivity contribution in [3.63, 3.8) is 0 Å². The summed E-state index contributed by atoms with van der Waals surface area (Å²) in [5.74, 6) is 3.31. The number of carbonyl (C=O) groups excluding carboxylic acids is 2. The van der Waals surface area contributed by atoms with Gasteiger partial charge in [-0.05, 0) is 140 Å². The predicted octanol–water partition coefficient (Wildman–Crippen LogP) is 11.4. The first-order valence-electron chi connectivity index (χ1n) is 25.4. The summed E-state index contributed by atoms with van der Waals surface area (Å²) in [5, 5.41) is 12.2. The molecule has 0 aliphatic heterocycles. The van der Waals surface area contributed by atoms with E-state index >= 15 is 0 Å². The smallest absolute Gasteiger partial charge is 0.419 e. The summed E-state index contributed by atoms with van der Waals surface area (Å²) >= 11 is 0. The van der Waals surface area contributed by atoms with Crippen molar-refractivity contribution in [1.82, 2.24) is 30.6 Å². The Balaban J connectivity index is 0.000000240. The van der Waals surface area contributed by atoms with Crippen LogP contribution >= 0.6 is 12.4 Å². The zero-order chi connectivity index (χ0) is 51.8. The van der Waals surface area contributed by atoms with E-state index in [9.17, 15) is 35.9 Å². The van der Waals surface area contributed by atoms with E-state index in [4.69, 9.17) is 20.9 Å². The molecule has 404 valence electrons. The van der Waals surface area contributed by atoms with Gasteiger partial charge in [0.1, 0.15) is 12.2 Å². The van der Waals surface area contributed by atoms with Crippen LogP contribution in [0, 0.1) is 35.5 Å². The molecule has 2 aromatic heterocycles. The Morgan fingerprint density at radius 2 is 1.00 bits per heavy atom. The van der Waals surface area contributed by atoms with Crippen LogP contribution in [0.5, 0.6) is 0 Å². The average Bonchev–Trinajstić information content (AvgIpc) is 3.90. The molecule has 5 fully saturated rings. The number of ether oxygens (including phenoxy) is 2. The Bertz CT molecular complexity index is 1980. The van der Waals surface area contributed by atoms with Crippen LogP contribution in [-0.2, 0) is 21.8 Å². The largest absolute Gasteiger partial charge is 0.446 e. The highest BCUT2D eigenvalue weighted by Crippen LogP contribution is 2.39. The molecule has 0 radical (unpaired) electrons. The number of amides is 2. The van der Waals surface area contributed by atoms with Crippen LogP contribution in [0.25, 0.3) is 0 Å². The molecule has 0 aromatic carbocycles. The molecule has 5 saturated carbocycles. The van der Waals surface area contributed by atoms with Crippen molar-refractivity contribution in [3.05, 3.63) is 35.9 Å². The lowest BCUT2D eigenvalue weighted by atomic mass is 9.75. The maximum Gasteiger partial charge on any atom is 0.419 e. The molecule has 14 nitrogen and oxygen atoms in total. The number of alkyl halides is 6. The van der Waals surface area contributed by atoms with Gasteiger partial charge in [-0.15, -0.1) is 12.4 Å². The third-order valence-corrected chi connectivity index (χ3v) is 15.8. The zero-order valence-corrected chi connectivity index (χ0v) is 43.8. The fourth-order valence-electron chi connectivity index (χ4n) is 11.0. The van der Waals surface area contributed by atoms with E-state index in [0.717, 1.165) is 115 Å². The van der Waals surface area contributed by atoms with Gasteiger partial charge in [-0.25, -0.2) is 29.5 Å². The number of nitrogens with zero attached hydrogens (tertiary/aromatic N) is 4. The van der Waals surface area contributed by atoms with E-state index in [1.165, 1.54) is 6.42 Å². The minimum atomic E-state index is -4.48. The van der Waals surface area contributed by atoms with Crippen molar-refractivity contribution in [2.24, 2.45) is 47.0 Å². The van der Waals surface area contributed by atoms with E-state index in [2.05, 4.69) is 82.7 Å². The summed E-state index contributed by atoms with van der Waals surface area (Å²) in [5.41, 5.74) is 9.23. The molecule has 71 heavy (non-hydrogen) atoms. The van der Waals surface area contributed by atoms with Gasteiger partial charge in [0.05, 0.1) is 28.2 Å². The van der Waals surface area contributed by atoms with Crippen molar-refractivity contribution in [2.75, 3.05) is 10.6 Å². The Morgan fingerprint density at radius 3 is 1.38 bits per heavy atom. The van der Waals surface area contributed by atoms with Gasteiger partial charge in [-0.2, -0.15) is 26.3 Å². The number of nitrogens with two attached hydrogens (primary N) is 2. The fraction of sp³-hybridized carbons (Fsp3) is 0.800. The molecule has 7 rings (SSSR count). The molecule has 2 aromatic rings. The van der Waals surface area contributed by atoms with Gasteiger partial charge in [0.15, 0.2) is 0 Å². The summed E-state index contributed by atoms with van der Waals surface area (Å²) in [4.78, 5) is 40.0. The van der Waals surface area contributed by atoms with Gasteiger partial charge in [-0.1, -0.05) is 54.4 Å². The molecular formula is C50H81ClF6N10O4. The third-order valence-electron chi connectivity index (χ3n) is 15.8. The van der Waals surface area contributed by atoms with Crippen molar-refractivity contribution in [3.8, 4) is 0 Å². The molecule has 12 atom stereocenters. The Morgan fingerprint density at radius 1 is 0.620 bits per heavy atom. The zero-order valence-electron chi connectivity index (χ0n) is 43.0. The first-order valence-corrected chi connectivity index (χ1v) is 25.4. The fourth-order valence-corrected chi connectivity index (χ4v) is 11.0. The minimum Gasteiger partial charge on any atom is -0.446 e. The van der Waals surface area contributed by atoms with Crippen LogP contribution in [0.4, 0.5) is 47.8 Å². The number of hydrogen-bond acceptors (Lipinski definition) is 12. The summed E-state index contributed by atoms with van der Waals surface area (Å²) in [6.07, 6.45) is 8.01. The second kappa shape index (κ2) is 24.9. The summed E-state index contributed by atoms with van der Waals surface area (Å²) in [6, 6.07) is -0.226. The number of carbonyl (C=O) groups is 2. The van der Waals surface area contributed by atoms with E-state index in [-0.39, 0.29) is 71.8 Å². The van der Waals surface area contributed by atoms with Gasteiger partial charge in [0, 0.05) is 42.4 Å². The molecule has 8 N–H and O–H groups in total. The van der Waals surface area contributed by atoms with Crippen molar-refractivity contribution in [1.29, 1.82) is 0 Å². The highest BCUT2D eigenvalue weighted by Gasteiger charge is 2.43. The second-order valence-electron chi connectivity index (χ2n) is 22.4. The van der Waals surface area contributed by atoms with Crippen LogP contribution in [0.3, 0.4) is 0 Å². The maximum absolute atomic E-state index is 12.7. The van der Waals surface area contributed by atoms with Crippen LogP contribution in [-0.4, -0.2) is 79.1 Å². The Kier molecular flexibility index (Phi) is 20.9. The monoisotopic (exact) mass is 1030 g/mol.